The topological polar surface area (TPSA) is 86.7 Å². The molecule has 0 spiro atoms. The lowest BCUT2D eigenvalue weighted by molar-refractivity contribution is -0.139. The monoisotopic (exact) mass is 276 g/mol. The lowest BCUT2D eigenvalue weighted by atomic mass is 10.1. The highest BCUT2D eigenvalue weighted by Crippen LogP contribution is 2.04. The Kier molecular flexibility index (Phi) is 6.11. The number of carboxylic acids is 1. The Balaban J connectivity index is 2.45. The second-order valence-electron chi connectivity index (χ2n) is 4.32. The fraction of sp³-hybridized carbons (Fsp3) is 0.818. The van der Waals surface area contributed by atoms with E-state index in [1.54, 1.807) is 0 Å². The third kappa shape index (κ3) is 4.64. The van der Waals surface area contributed by atoms with Gasteiger partial charge in [0.2, 0.25) is 0 Å². The Bertz CT molecular complexity index is 325. The molecule has 104 valence electrons. The molecule has 1 heterocycles. The summed E-state index contributed by atoms with van der Waals surface area (Å²) >= 11 is 0. The molecule has 0 bridgehead atoms. The number of aliphatic carboxylic acids is 1. The molecule has 1 aliphatic heterocycles. The standard InChI is InChI=1S/C11H20N2O4S/c1-2-3-4-9(10(14)15)12-11(16)13-5-7-18(17)8-6-13/h9H,2-8H2,1H3,(H,12,16)(H,14,15). The van der Waals surface area contributed by atoms with Crippen molar-refractivity contribution in [2.24, 2.45) is 0 Å². The van der Waals surface area contributed by atoms with Crippen LogP contribution in [0.3, 0.4) is 0 Å². The van der Waals surface area contributed by atoms with Gasteiger partial charge in [-0.3, -0.25) is 4.21 Å². The minimum atomic E-state index is -1.00. The van der Waals surface area contributed by atoms with Crippen LogP contribution < -0.4 is 5.32 Å². The van der Waals surface area contributed by atoms with E-state index < -0.39 is 22.8 Å². The first-order chi connectivity index (χ1) is 8.54. The van der Waals surface area contributed by atoms with E-state index in [9.17, 15) is 13.8 Å². The number of carbonyl (C=O) groups is 2. The summed E-state index contributed by atoms with van der Waals surface area (Å²) in [6.45, 7) is 2.83. The maximum Gasteiger partial charge on any atom is 0.326 e. The van der Waals surface area contributed by atoms with Crippen LogP contribution in [0, 0.1) is 0 Å². The van der Waals surface area contributed by atoms with Gasteiger partial charge < -0.3 is 15.3 Å². The van der Waals surface area contributed by atoms with Crippen molar-refractivity contribution in [3.05, 3.63) is 0 Å². The molecule has 6 nitrogen and oxygen atoms in total. The molecule has 0 radical (unpaired) electrons. The molecular formula is C11H20N2O4S. The van der Waals surface area contributed by atoms with E-state index >= 15 is 0 Å². The van der Waals surface area contributed by atoms with Crippen LogP contribution in [0.4, 0.5) is 4.79 Å². The van der Waals surface area contributed by atoms with Crippen LogP contribution in [-0.4, -0.2) is 56.9 Å². The quantitative estimate of drug-likeness (QED) is 0.761. The lowest BCUT2D eigenvalue weighted by Gasteiger charge is -2.28. The van der Waals surface area contributed by atoms with Crippen molar-refractivity contribution in [1.29, 1.82) is 0 Å². The highest BCUT2D eigenvalue weighted by atomic mass is 32.2. The summed E-state index contributed by atoms with van der Waals surface area (Å²) in [6, 6.07) is -1.19. The molecule has 7 heteroatoms. The molecule has 1 rings (SSSR count). The number of nitrogens with one attached hydrogen (secondary N) is 1. The number of urea groups is 1. The van der Waals surface area contributed by atoms with Gasteiger partial charge in [-0.25, -0.2) is 9.59 Å². The SMILES string of the molecule is CCCCC(NC(=O)N1CCS(=O)CC1)C(=O)O. The van der Waals surface area contributed by atoms with Gasteiger partial charge in [0, 0.05) is 35.4 Å². The average Bonchev–Trinajstić information content (AvgIpc) is 2.34. The van der Waals surface area contributed by atoms with Gasteiger partial charge in [-0.05, 0) is 6.42 Å². The molecule has 1 fully saturated rings. The third-order valence-electron chi connectivity index (χ3n) is 2.91. The van der Waals surface area contributed by atoms with Crippen LogP contribution in [0.15, 0.2) is 0 Å². The smallest absolute Gasteiger partial charge is 0.326 e. The first kappa shape index (κ1) is 14.9. The number of rotatable bonds is 5. The molecular weight excluding hydrogens is 256 g/mol. The number of hydrogen-bond donors (Lipinski definition) is 2. The van der Waals surface area contributed by atoms with E-state index in [0.717, 1.165) is 12.8 Å². The Morgan fingerprint density at radius 3 is 2.50 bits per heavy atom. The summed E-state index contributed by atoms with van der Waals surface area (Å²) in [5, 5.41) is 11.5. The summed E-state index contributed by atoms with van der Waals surface area (Å²) in [5.41, 5.74) is 0. The van der Waals surface area contributed by atoms with Crippen LogP contribution >= 0.6 is 0 Å². The fourth-order valence-electron chi connectivity index (χ4n) is 1.75. The fourth-order valence-corrected chi connectivity index (χ4v) is 2.80. The van der Waals surface area contributed by atoms with Crippen molar-refractivity contribution in [2.45, 2.75) is 32.2 Å². The zero-order chi connectivity index (χ0) is 13.5. The van der Waals surface area contributed by atoms with E-state index in [4.69, 9.17) is 5.11 Å². The van der Waals surface area contributed by atoms with E-state index in [1.807, 2.05) is 6.92 Å². The lowest BCUT2D eigenvalue weighted by Crippen LogP contribution is -2.51. The van der Waals surface area contributed by atoms with Crippen molar-refractivity contribution < 1.29 is 18.9 Å². The second-order valence-corrected chi connectivity index (χ2v) is 6.01. The molecule has 1 unspecified atom stereocenters. The molecule has 0 aromatic carbocycles. The molecule has 1 saturated heterocycles. The minimum absolute atomic E-state index is 0.366. The summed E-state index contributed by atoms with van der Waals surface area (Å²) < 4.78 is 11.2. The van der Waals surface area contributed by atoms with Crippen LogP contribution in [0.25, 0.3) is 0 Å². The highest BCUT2D eigenvalue weighted by molar-refractivity contribution is 7.85. The van der Waals surface area contributed by atoms with Crippen LogP contribution in [0.5, 0.6) is 0 Å². The molecule has 0 saturated carbocycles. The van der Waals surface area contributed by atoms with Gasteiger partial charge in [0.1, 0.15) is 6.04 Å². The van der Waals surface area contributed by atoms with E-state index in [2.05, 4.69) is 5.32 Å². The van der Waals surface area contributed by atoms with Crippen molar-refractivity contribution in [1.82, 2.24) is 10.2 Å². The van der Waals surface area contributed by atoms with Gasteiger partial charge in [0.05, 0.1) is 0 Å². The molecule has 2 amide bonds. The molecule has 1 atom stereocenters. The van der Waals surface area contributed by atoms with Crippen LogP contribution in [0.1, 0.15) is 26.2 Å². The van der Waals surface area contributed by atoms with Gasteiger partial charge in [0.25, 0.3) is 0 Å². The number of hydrogen-bond acceptors (Lipinski definition) is 3. The Labute approximate surface area is 109 Å². The molecule has 1 aliphatic rings. The zero-order valence-corrected chi connectivity index (χ0v) is 11.4. The predicted molar refractivity (Wildman–Crippen MR) is 68.9 cm³/mol. The van der Waals surface area contributed by atoms with Gasteiger partial charge in [-0.1, -0.05) is 19.8 Å². The highest BCUT2D eigenvalue weighted by Gasteiger charge is 2.24. The number of unbranched alkanes of at least 4 members (excludes halogenated alkanes) is 1. The normalized spacial score (nSPS) is 18.4. The maximum atomic E-state index is 11.8. The van der Waals surface area contributed by atoms with Crippen molar-refractivity contribution in [2.75, 3.05) is 24.6 Å². The van der Waals surface area contributed by atoms with Crippen molar-refractivity contribution in [3.8, 4) is 0 Å². The molecule has 0 aromatic heterocycles. The number of carboxylic acid groups (broad SMARTS) is 1. The molecule has 0 aliphatic carbocycles. The van der Waals surface area contributed by atoms with Gasteiger partial charge in [-0.15, -0.1) is 0 Å². The molecule has 0 aromatic rings. The summed E-state index contributed by atoms with van der Waals surface area (Å²) in [4.78, 5) is 24.4. The average molecular weight is 276 g/mol. The van der Waals surface area contributed by atoms with Gasteiger partial charge in [0.15, 0.2) is 0 Å². The predicted octanol–water partition coefficient (Wildman–Crippen LogP) is 0.404. The molecule has 18 heavy (non-hydrogen) atoms. The van der Waals surface area contributed by atoms with E-state index in [1.165, 1.54) is 4.90 Å². The maximum absolute atomic E-state index is 11.8. The first-order valence-corrected chi connectivity index (χ1v) is 7.66. The minimum Gasteiger partial charge on any atom is -0.480 e. The Morgan fingerprint density at radius 2 is 2.00 bits per heavy atom. The van der Waals surface area contributed by atoms with E-state index in [-0.39, 0.29) is 6.03 Å². The molecule has 2 N–H and O–H groups in total. The van der Waals surface area contributed by atoms with Crippen molar-refractivity contribution >= 4 is 22.8 Å². The first-order valence-electron chi connectivity index (χ1n) is 6.17. The number of nitrogens with zero attached hydrogens (tertiary/aromatic N) is 1. The summed E-state index contributed by atoms with van der Waals surface area (Å²) in [5.74, 6) is -0.0577. The summed E-state index contributed by atoms with van der Waals surface area (Å²) in [7, 11) is -0.842. The number of amides is 2. The van der Waals surface area contributed by atoms with E-state index in [0.29, 0.717) is 31.0 Å². The summed E-state index contributed by atoms with van der Waals surface area (Å²) in [6.07, 6.45) is 2.10. The Hall–Kier alpha value is -1.11. The Morgan fingerprint density at radius 1 is 1.39 bits per heavy atom. The van der Waals surface area contributed by atoms with Crippen LogP contribution in [-0.2, 0) is 15.6 Å². The second kappa shape index (κ2) is 7.35. The van der Waals surface area contributed by atoms with Gasteiger partial charge in [-0.2, -0.15) is 0 Å². The van der Waals surface area contributed by atoms with Gasteiger partial charge >= 0.3 is 12.0 Å². The third-order valence-corrected chi connectivity index (χ3v) is 4.18. The largest absolute Gasteiger partial charge is 0.480 e. The van der Waals surface area contributed by atoms with Crippen molar-refractivity contribution in [3.63, 3.8) is 0 Å². The van der Waals surface area contributed by atoms with Crippen LogP contribution in [0.2, 0.25) is 0 Å². The number of carbonyl (C=O) groups excluding carboxylic acids is 1. The zero-order valence-electron chi connectivity index (χ0n) is 10.6.